The zero-order chi connectivity index (χ0) is 7.33. The molecule has 0 fully saturated rings. The summed E-state index contributed by atoms with van der Waals surface area (Å²) in [6.07, 6.45) is 0. The van der Waals surface area contributed by atoms with Crippen LogP contribution < -0.4 is 0 Å². The highest BCUT2D eigenvalue weighted by molar-refractivity contribution is 7.57. The van der Waals surface area contributed by atoms with Crippen LogP contribution in [0.3, 0.4) is 0 Å². The van der Waals surface area contributed by atoms with Crippen LogP contribution in [0.5, 0.6) is 0 Å². The quantitative estimate of drug-likeness (QED) is 0.582. The molecule has 0 aliphatic heterocycles. The third-order valence-electron chi connectivity index (χ3n) is 0.629. The molecule has 0 radical (unpaired) electrons. The summed E-state index contributed by atoms with van der Waals surface area (Å²) in [6, 6.07) is 0. The summed E-state index contributed by atoms with van der Waals surface area (Å²) in [6.45, 7) is 4.78. The third-order valence-corrected chi connectivity index (χ3v) is 1.89. The monoisotopic (exact) mass is 154 g/mol. The van der Waals surface area contributed by atoms with Gasteiger partial charge < -0.3 is 4.52 Å². The van der Waals surface area contributed by atoms with Crippen LogP contribution in [-0.4, -0.2) is 6.61 Å². The van der Waals surface area contributed by atoms with Crippen molar-refractivity contribution in [3.63, 3.8) is 0 Å². The van der Waals surface area contributed by atoms with Gasteiger partial charge in [-0.1, -0.05) is 6.58 Å². The van der Waals surface area contributed by atoms with E-state index in [-0.39, 0.29) is 6.61 Å². The van der Waals surface area contributed by atoms with E-state index in [1.54, 1.807) is 6.92 Å². The van der Waals surface area contributed by atoms with Gasteiger partial charge >= 0.3 is 7.60 Å². The lowest BCUT2D eigenvalue weighted by atomic mass is 10.9. The maximum Gasteiger partial charge on any atom is 0.385 e. The normalized spacial score (nSPS) is 16.7. The maximum absolute atomic E-state index is 11.3. The summed E-state index contributed by atoms with van der Waals surface area (Å²) in [5.41, 5.74) is 0. The first-order chi connectivity index (χ1) is 4.18. The molecule has 1 atom stereocenters. The van der Waals surface area contributed by atoms with Gasteiger partial charge in [0.25, 0.3) is 0 Å². The molecule has 0 bridgehead atoms. The summed E-state index contributed by atoms with van der Waals surface area (Å²) in [7, 11) is -3.58. The van der Waals surface area contributed by atoms with Crippen LogP contribution in [0.4, 0.5) is 4.53 Å². The summed E-state index contributed by atoms with van der Waals surface area (Å²) in [4.78, 5) is 0. The van der Waals surface area contributed by atoms with E-state index in [4.69, 9.17) is 0 Å². The van der Waals surface area contributed by atoms with Gasteiger partial charge in [-0.3, -0.25) is 4.57 Å². The minimum Gasteiger partial charge on any atom is -0.304 e. The molecule has 54 valence electrons. The van der Waals surface area contributed by atoms with Gasteiger partial charge in [-0.05, 0) is 11.4 Å². The first-order valence-electron chi connectivity index (χ1n) is 2.36. The van der Waals surface area contributed by atoms with Gasteiger partial charge in [-0.15, -0.1) is 4.73 Å². The van der Waals surface area contributed by atoms with Crippen molar-refractivity contribution < 1.29 is 18.3 Å². The van der Waals surface area contributed by atoms with Gasteiger partial charge in [-0.2, -0.15) is 0 Å². The highest BCUT2D eigenvalue weighted by Crippen LogP contribution is 2.49. The molecule has 0 spiro atoms. The van der Waals surface area contributed by atoms with Crippen LogP contribution in [0.2, 0.25) is 0 Å². The lowest BCUT2D eigenvalue weighted by molar-refractivity contribution is -0.0221. The van der Waals surface area contributed by atoms with Crippen LogP contribution >= 0.6 is 7.60 Å². The smallest absolute Gasteiger partial charge is 0.304 e. The van der Waals surface area contributed by atoms with Crippen LogP contribution in [-0.2, 0) is 13.8 Å². The first-order valence-corrected chi connectivity index (χ1v) is 3.98. The molecule has 0 N–H and O–H groups in total. The van der Waals surface area contributed by atoms with Gasteiger partial charge in [-0.25, -0.2) is 0 Å². The molecule has 0 saturated carbocycles. The lowest BCUT2D eigenvalue weighted by Crippen LogP contribution is -1.85. The van der Waals surface area contributed by atoms with Gasteiger partial charge in [0.2, 0.25) is 0 Å². The molecule has 0 aliphatic rings. The molecule has 1 unspecified atom stereocenters. The molecule has 0 aromatic carbocycles. The molecular weight excluding hydrogens is 146 g/mol. The van der Waals surface area contributed by atoms with Crippen LogP contribution in [0.1, 0.15) is 6.92 Å². The molecule has 0 aromatic rings. The Morgan fingerprint density at radius 3 is 2.56 bits per heavy atom. The van der Waals surface area contributed by atoms with Crippen molar-refractivity contribution in [2.75, 3.05) is 6.61 Å². The Balaban J connectivity index is 3.93. The summed E-state index contributed by atoms with van der Waals surface area (Å²) >= 11 is 0. The Kier molecular flexibility index (Phi) is 3.70. The van der Waals surface area contributed by atoms with Crippen LogP contribution in [0.15, 0.2) is 12.4 Å². The number of hydrogen-bond acceptors (Lipinski definition) is 3. The van der Waals surface area contributed by atoms with Crippen molar-refractivity contribution in [2.45, 2.75) is 6.92 Å². The van der Waals surface area contributed by atoms with Gasteiger partial charge in [0, 0.05) is 5.82 Å². The van der Waals surface area contributed by atoms with Crippen molar-refractivity contribution in [1.82, 2.24) is 0 Å². The van der Waals surface area contributed by atoms with Gasteiger partial charge in [0.1, 0.15) is 0 Å². The molecule has 0 amide bonds. The van der Waals surface area contributed by atoms with Crippen molar-refractivity contribution in [3.8, 4) is 0 Å². The predicted octanol–water partition coefficient (Wildman–Crippen LogP) is 2.26. The summed E-state index contributed by atoms with van der Waals surface area (Å²) in [5.74, 6) is 0.816. The SMILES string of the molecule is C=CP(=O)(OF)OCC. The average Bonchev–Trinajstić information content (AvgIpc) is 1.89. The van der Waals surface area contributed by atoms with E-state index in [0.29, 0.717) is 0 Å². The second-order valence-electron chi connectivity index (χ2n) is 1.21. The molecule has 0 aliphatic carbocycles. The Labute approximate surface area is 52.9 Å². The first kappa shape index (κ1) is 8.82. The van der Waals surface area contributed by atoms with E-state index in [0.717, 1.165) is 5.82 Å². The van der Waals surface area contributed by atoms with E-state index >= 15 is 0 Å². The summed E-state index contributed by atoms with van der Waals surface area (Å²) in [5, 5.41) is 0. The lowest BCUT2D eigenvalue weighted by Gasteiger charge is -2.04. The largest absolute Gasteiger partial charge is 0.385 e. The molecule has 0 aromatic heterocycles. The van der Waals surface area contributed by atoms with Crippen LogP contribution in [0, 0.1) is 0 Å². The van der Waals surface area contributed by atoms with E-state index in [9.17, 15) is 9.09 Å². The van der Waals surface area contributed by atoms with Crippen molar-refractivity contribution in [1.29, 1.82) is 0 Å². The fourth-order valence-electron chi connectivity index (χ4n) is 0.281. The Hall–Kier alpha value is -0.180. The molecular formula is C4H8FO3P. The maximum atomic E-state index is 11.3. The van der Waals surface area contributed by atoms with Gasteiger partial charge in [0.15, 0.2) is 0 Å². The average molecular weight is 154 g/mol. The van der Waals surface area contributed by atoms with Crippen LogP contribution in [0.25, 0.3) is 0 Å². The van der Waals surface area contributed by atoms with E-state index in [1.165, 1.54) is 0 Å². The number of halogens is 1. The molecule has 0 saturated heterocycles. The van der Waals surface area contributed by atoms with E-state index < -0.39 is 7.60 Å². The zero-order valence-corrected chi connectivity index (χ0v) is 5.94. The molecule has 9 heavy (non-hydrogen) atoms. The zero-order valence-electron chi connectivity index (χ0n) is 5.04. The fraction of sp³-hybridized carbons (Fsp3) is 0.500. The molecule has 0 heterocycles. The molecule has 3 nitrogen and oxygen atoms in total. The number of hydrogen-bond donors (Lipinski definition) is 0. The standard InChI is InChI=1S/C4H8FO3P/c1-3-7-9(6,4-2)8-5/h4H,2-3H2,1H3. The van der Waals surface area contributed by atoms with Crippen molar-refractivity contribution in [2.24, 2.45) is 0 Å². The van der Waals surface area contributed by atoms with Crippen molar-refractivity contribution in [3.05, 3.63) is 12.4 Å². The van der Waals surface area contributed by atoms with E-state index in [2.05, 4.69) is 15.8 Å². The highest BCUT2D eigenvalue weighted by atomic mass is 31.2. The summed E-state index contributed by atoms with van der Waals surface area (Å²) < 4.78 is 29.3. The molecule has 5 heteroatoms. The third kappa shape index (κ3) is 2.75. The minimum absolute atomic E-state index is 0.132. The second-order valence-corrected chi connectivity index (χ2v) is 3.05. The minimum atomic E-state index is -3.58. The topological polar surface area (TPSA) is 35.5 Å². The Morgan fingerprint density at radius 2 is 2.44 bits per heavy atom. The number of rotatable bonds is 4. The van der Waals surface area contributed by atoms with Crippen molar-refractivity contribution >= 4 is 7.60 Å². The Bertz CT molecular complexity index is 136. The second kappa shape index (κ2) is 3.77. The van der Waals surface area contributed by atoms with E-state index in [1.807, 2.05) is 0 Å². The predicted molar refractivity (Wildman–Crippen MR) is 31.6 cm³/mol. The molecule has 0 rings (SSSR count). The fourth-order valence-corrected chi connectivity index (χ4v) is 0.842. The highest BCUT2D eigenvalue weighted by Gasteiger charge is 2.18. The van der Waals surface area contributed by atoms with Gasteiger partial charge in [0.05, 0.1) is 6.61 Å². The Morgan fingerprint density at radius 1 is 1.89 bits per heavy atom.